The van der Waals surface area contributed by atoms with Gasteiger partial charge in [-0.25, -0.2) is 0 Å². The van der Waals surface area contributed by atoms with Crippen molar-refractivity contribution in [2.45, 2.75) is 38.5 Å². The van der Waals surface area contributed by atoms with Crippen molar-refractivity contribution >= 4 is 0 Å². The lowest BCUT2D eigenvalue weighted by Gasteiger charge is -2.44. The topological polar surface area (TPSA) is 23.5 Å². The first-order valence-electron chi connectivity index (χ1n) is 5.68. The molecule has 0 aromatic rings. The zero-order valence-corrected chi connectivity index (χ0v) is 8.47. The lowest BCUT2D eigenvalue weighted by Crippen LogP contribution is -2.46. The lowest BCUT2D eigenvalue weighted by atomic mass is 9.69. The van der Waals surface area contributed by atoms with Crippen molar-refractivity contribution in [3.8, 4) is 0 Å². The highest BCUT2D eigenvalue weighted by Crippen LogP contribution is 2.41. The zero-order chi connectivity index (χ0) is 9.15. The Morgan fingerprint density at radius 1 is 1.00 bits per heavy atom. The van der Waals surface area contributed by atoms with E-state index in [1.165, 1.54) is 51.6 Å². The van der Waals surface area contributed by atoms with E-state index >= 15 is 0 Å². The van der Waals surface area contributed by atoms with E-state index in [0.717, 1.165) is 6.54 Å². The third-order valence-corrected chi connectivity index (χ3v) is 3.76. The van der Waals surface area contributed by atoms with Crippen LogP contribution in [-0.2, 0) is 0 Å². The SMILES string of the molecule is OCC1(CN2CCCCC2)CCC1. The molecule has 2 rings (SSSR count). The molecule has 1 aliphatic heterocycles. The van der Waals surface area contributed by atoms with Gasteiger partial charge < -0.3 is 10.0 Å². The van der Waals surface area contributed by atoms with E-state index in [1.807, 2.05) is 0 Å². The summed E-state index contributed by atoms with van der Waals surface area (Å²) in [5.74, 6) is 0. The van der Waals surface area contributed by atoms with Crippen LogP contribution in [0.25, 0.3) is 0 Å². The third kappa shape index (κ3) is 2.05. The Morgan fingerprint density at radius 2 is 1.69 bits per heavy atom. The smallest absolute Gasteiger partial charge is 0.0499 e. The number of likely N-dealkylation sites (tertiary alicyclic amines) is 1. The summed E-state index contributed by atoms with van der Waals surface area (Å²) in [7, 11) is 0. The van der Waals surface area contributed by atoms with Crippen LogP contribution in [0.5, 0.6) is 0 Å². The Kier molecular flexibility index (Phi) is 2.89. The van der Waals surface area contributed by atoms with Gasteiger partial charge in [0, 0.05) is 18.6 Å². The standard InChI is InChI=1S/C11H21NO/c13-10-11(5-4-6-11)9-12-7-2-1-3-8-12/h13H,1-10H2. The molecule has 2 aliphatic rings. The molecule has 1 aliphatic carbocycles. The maximum atomic E-state index is 9.34. The summed E-state index contributed by atoms with van der Waals surface area (Å²) in [5, 5.41) is 9.34. The van der Waals surface area contributed by atoms with Crippen molar-refractivity contribution in [1.29, 1.82) is 0 Å². The van der Waals surface area contributed by atoms with E-state index in [-0.39, 0.29) is 0 Å². The largest absolute Gasteiger partial charge is 0.396 e. The van der Waals surface area contributed by atoms with Gasteiger partial charge >= 0.3 is 0 Å². The van der Waals surface area contributed by atoms with Crippen LogP contribution in [0.1, 0.15) is 38.5 Å². The Hall–Kier alpha value is -0.0800. The molecule has 2 nitrogen and oxygen atoms in total. The minimum Gasteiger partial charge on any atom is -0.396 e. The van der Waals surface area contributed by atoms with Gasteiger partial charge in [0.2, 0.25) is 0 Å². The molecular formula is C11H21NO. The summed E-state index contributed by atoms with van der Waals surface area (Å²) in [5.41, 5.74) is 0.303. The Balaban J connectivity index is 1.81. The molecule has 2 heteroatoms. The minimum atomic E-state index is 0.303. The van der Waals surface area contributed by atoms with Gasteiger partial charge in [-0.15, -0.1) is 0 Å². The Labute approximate surface area is 80.9 Å². The predicted octanol–water partition coefficient (Wildman–Crippen LogP) is 1.63. The quantitative estimate of drug-likeness (QED) is 0.719. The molecule has 0 unspecified atom stereocenters. The van der Waals surface area contributed by atoms with Crippen LogP contribution < -0.4 is 0 Å². The zero-order valence-electron chi connectivity index (χ0n) is 8.47. The highest BCUT2D eigenvalue weighted by atomic mass is 16.3. The van der Waals surface area contributed by atoms with Gasteiger partial charge in [-0.05, 0) is 38.8 Å². The van der Waals surface area contributed by atoms with Crippen molar-refractivity contribution in [3.05, 3.63) is 0 Å². The first-order chi connectivity index (χ1) is 6.35. The van der Waals surface area contributed by atoms with Crippen molar-refractivity contribution in [2.75, 3.05) is 26.2 Å². The molecule has 0 aromatic heterocycles. The van der Waals surface area contributed by atoms with E-state index in [1.54, 1.807) is 0 Å². The summed E-state index contributed by atoms with van der Waals surface area (Å²) < 4.78 is 0. The maximum Gasteiger partial charge on any atom is 0.0499 e. The molecular weight excluding hydrogens is 162 g/mol. The van der Waals surface area contributed by atoms with E-state index in [2.05, 4.69) is 4.90 Å². The van der Waals surface area contributed by atoms with Crippen molar-refractivity contribution in [3.63, 3.8) is 0 Å². The second kappa shape index (κ2) is 3.97. The van der Waals surface area contributed by atoms with E-state index in [0.29, 0.717) is 12.0 Å². The van der Waals surface area contributed by atoms with Crippen molar-refractivity contribution < 1.29 is 5.11 Å². The van der Waals surface area contributed by atoms with Gasteiger partial charge in [-0.2, -0.15) is 0 Å². The summed E-state index contributed by atoms with van der Waals surface area (Å²) >= 11 is 0. The van der Waals surface area contributed by atoms with Crippen LogP contribution in [0.4, 0.5) is 0 Å². The van der Waals surface area contributed by atoms with Crippen LogP contribution in [0.2, 0.25) is 0 Å². The van der Waals surface area contributed by atoms with E-state index < -0.39 is 0 Å². The highest BCUT2D eigenvalue weighted by molar-refractivity contribution is 4.90. The average molecular weight is 183 g/mol. The number of hydrogen-bond acceptors (Lipinski definition) is 2. The van der Waals surface area contributed by atoms with Crippen LogP contribution in [0.3, 0.4) is 0 Å². The highest BCUT2D eigenvalue weighted by Gasteiger charge is 2.37. The fourth-order valence-electron chi connectivity index (χ4n) is 2.63. The summed E-state index contributed by atoms with van der Waals surface area (Å²) in [6.07, 6.45) is 7.96. The third-order valence-electron chi connectivity index (χ3n) is 3.76. The number of rotatable bonds is 3. The Morgan fingerprint density at radius 3 is 2.15 bits per heavy atom. The molecule has 0 spiro atoms. The maximum absolute atomic E-state index is 9.34. The first kappa shape index (κ1) is 9.47. The van der Waals surface area contributed by atoms with E-state index in [9.17, 15) is 5.11 Å². The van der Waals surface area contributed by atoms with Gasteiger partial charge in [0.25, 0.3) is 0 Å². The predicted molar refractivity (Wildman–Crippen MR) is 53.7 cm³/mol. The van der Waals surface area contributed by atoms with Gasteiger partial charge in [0.05, 0.1) is 0 Å². The van der Waals surface area contributed by atoms with E-state index in [4.69, 9.17) is 0 Å². The molecule has 76 valence electrons. The molecule has 13 heavy (non-hydrogen) atoms. The summed E-state index contributed by atoms with van der Waals surface area (Å²) in [6.45, 7) is 4.09. The first-order valence-corrected chi connectivity index (χ1v) is 5.68. The number of piperidine rings is 1. The molecule has 1 N–H and O–H groups in total. The fourth-order valence-corrected chi connectivity index (χ4v) is 2.63. The number of hydrogen-bond donors (Lipinski definition) is 1. The summed E-state index contributed by atoms with van der Waals surface area (Å²) in [4.78, 5) is 2.55. The van der Waals surface area contributed by atoms with Crippen LogP contribution in [0.15, 0.2) is 0 Å². The molecule has 0 aromatic carbocycles. The molecule has 1 heterocycles. The van der Waals surface area contributed by atoms with Gasteiger partial charge in [-0.3, -0.25) is 0 Å². The van der Waals surface area contributed by atoms with Crippen molar-refractivity contribution in [1.82, 2.24) is 4.90 Å². The van der Waals surface area contributed by atoms with Gasteiger partial charge in [-0.1, -0.05) is 12.8 Å². The number of nitrogens with zero attached hydrogens (tertiary/aromatic N) is 1. The lowest BCUT2D eigenvalue weighted by molar-refractivity contribution is 0.00307. The van der Waals surface area contributed by atoms with Gasteiger partial charge in [0.1, 0.15) is 0 Å². The molecule has 0 amide bonds. The molecule has 0 radical (unpaired) electrons. The molecule has 0 atom stereocenters. The Bertz CT molecular complexity index is 154. The minimum absolute atomic E-state index is 0.303. The second-order valence-corrected chi connectivity index (χ2v) is 4.85. The normalized spacial score (nSPS) is 28.4. The van der Waals surface area contributed by atoms with Crippen LogP contribution >= 0.6 is 0 Å². The number of aliphatic hydroxyl groups is 1. The second-order valence-electron chi connectivity index (χ2n) is 4.85. The number of aliphatic hydroxyl groups excluding tert-OH is 1. The summed E-state index contributed by atoms with van der Waals surface area (Å²) in [6, 6.07) is 0. The fraction of sp³-hybridized carbons (Fsp3) is 1.00. The van der Waals surface area contributed by atoms with Crippen LogP contribution in [0, 0.1) is 5.41 Å². The van der Waals surface area contributed by atoms with Gasteiger partial charge in [0.15, 0.2) is 0 Å². The molecule has 0 bridgehead atoms. The van der Waals surface area contributed by atoms with Crippen molar-refractivity contribution in [2.24, 2.45) is 5.41 Å². The van der Waals surface area contributed by atoms with Crippen LogP contribution in [-0.4, -0.2) is 36.2 Å². The monoisotopic (exact) mass is 183 g/mol. The molecule has 1 saturated heterocycles. The molecule has 1 saturated carbocycles. The molecule has 2 fully saturated rings. The average Bonchev–Trinajstić information content (AvgIpc) is 2.13.